The monoisotopic (exact) mass is 244 g/mol. The summed E-state index contributed by atoms with van der Waals surface area (Å²) in [5.41, 5.74) is 0. The zero-order valence-corrected chi connectivity index (χ0v) is 11.2. The van der Waals surface area contributed by atoms with Crippen LogP contribution in [-0.4, -0.2) is 60.0 Å². The van der Waals surface area contributed by atoms with E-state index in [-0.39, 0.29) is 12.7 Å². The van der Waals surface area contributed by atoms with E-state index in [1.165, 1.54) is 6.42 Å². The first kappa shape index (κ1) is 14.9. The predicted octanol–water partition coefficient (Wildman–Crippen LogP) is 0.440. The number of hydrogen-bond acceptors (Lipinski definition) is 4. The molecule has 3 atom stereocenters. The van der Waals surface area contributed by atoms with Gasteiger partial charge in [-0.15, -0.1) is 0 Å². The van der Waals surface area contributed by atoms with E-state index in [1.54, 1.807) is 0 Å². The molecule has 0 radical (unpaired) electrons. The van der Waals surface area contributed by atoms with Gasteiger partial charge in [0.2, 0.25) is 0 Å². The molecule has 0 saturated heterocycles. The fraction of sp³-hybridized carbons (Fsp3) is 1.00. The third-order valence-corrected chi connectivity index (χ3v) is 3.87. The van der Waals surface area contributed by atoms with E-state index in [1.807, 2.05) is 0 Å². The van der Waals surface area contributed by atoms with Crippen LogP contribution in [0.3, 0.4) is 0 Å². The molecule has 102 valence electrons. The normalized spacial score (nSPS) is 26.6. The Balaban J connectivity index is 2.20. The van der Waals surface area contributed by atoms with Gasteiger partial charge in [-0.3, -0.25) is 0 Å². The fourth-order valence-electron chi connectivity index (χ4n) is 2.66. The van der Waals surface area contributed by atoms with Crippen LogP contribution in [-0.2, 0) is 0 Å². The van der Waals surface area contributed by atoms with Crippen molar-refractivity contribution in [3.05, 3.63) is 0 Å². The first-order valence-electron chi connectivity index (χ1n) is 6.95. The van der Waals surface area contributed by atoms with E-state index in [0.717, 1.165) is 32.5 Å². The van der Waals surface area contributed by atoms with Crippen molar-refractivity contribution in [2.75, 3.05) is 32.8 Å². The van der Waals surface area contributed by atoms with Gasteiger partial charge in [0.25, 0.3) is 0 Å². The molecule has 1 saturated carbocycles. The van der Waals surface area contributed by atoms with E-state index < -0.39 is 0 Å². The Kier molecular flexibility index (Phi) is 7.04. The average Bonchev–Trinajstić information content (AvgIpc) is 2.80. The number of aliphatic hydroxyl groups excluding tert-OH is 2. The number of hydrogen-bond donors (Lipinski definition) is 3. The fourth-order valence-corrected chi connectivity index (χ4v) is 2.66. The Bertz CT molecular complexity index is 198. The summed E-state index contributed by atoms with van der Waals surface area (Å²) in [6, 6.07) is 0.395. The van der Waals surface area contributed by atoms with Crippen LogP contribution >= 0.6 is 0 Å². The summed E-state index contributed by atoms with van der Waals surface area (Å²) in [5, 5.41) is 22.5. The predicted molar refractivity (Wildman–Crippen MR) is 70.0 cm³/mol. The molecule has 0 bridgehead atoms. The Morgan fingerprint density at radius 1 is 1.29 bits per heavy atom. The highest BCUT2D eigenvalue weighted by atomic mass is 16.3. The minimum absolute atomic E-state index is 0.268. The van der Waals surface area contributed by atoms with E-state index in [2.05, 4.69) is 24.1 Å². The molecule has 3 unspecified atom stereocenters. The van der Waals surface area contributed by atoms with Gasteiger partial charge in [0, 0.05) is 25.7 Å². The number of nitrogens with zero attached hydrogens (tertiary/aromatic N) is 1. The highest BCUT2D eigenvalue weighted by molar-refractivity contribution is 4.83. The highest BCUT2D eigenvalue weighted by Gasteiger charge is 2.26. The molecule has 0 amide bonds. The molecule has 0 spiro atoms. The van der Waals surface area contributed by atoms with Gasteiger partial charge in [-0.2, -0.15) is 0 Å². The van der Waals surface area contributed by atoms with Crippen LogP contribution in [0.4, 0.5) is 0 Å². The Hall–Kier alpha value is -0.160. The molecule has 1 aliphatic rings. The van der Waals surface area contributed by atoms with Crippen molar-refractivity contribution in [1.29, 1.82) is 0 Å². The van der Waals surface area contributed by atoms with Crippen molar-refractivity contribution in [3.63, 3.8) is 0 Å². The molecule has 4 heteroatoms. The molecule has 0 aromatic carbocycles. The number of likely N-dealkylation sites (N-methyl/N-ethyl adjacent to an activating group) is 1. The second kappa shape index (κ2) is 8.03. The lowest BCUT2D eigenvalue weighted by atomic mass is 10.1. The van der Waals surface area contributed by atoms with E-state index in [4.69, 9.17) is 0 Å². The van der Waals surface area contributed by atoms with Crippen LogP contribution in [0.1, 0.15) is 33.1 Å². The molecule has 0 aromatic rings. The molecule has 0 aliphatic heterocycles. The molecule has 1 aliphatic carbocycles. The molecule has 4 nitrogen and oxygen atoms in total. The molecule has 17 heavy (non-hydrogen) atoms. The van der Waals surface area contributed by atoms with Crippen LogP contribution in [0, 0.1) is 5.92 Å². The summed E-state index contributed by atoms with van der Waals surface area (Å²) in [5.74, 6) is 0.385. The molecule has 0 aromatic heterocycles. The molecular weight excluding hydrogens is 216 g/mol. The lowest BCUT2D eigenvalue weighted by Gasteiger charge is -2.25. The standard InChI is InChI=1S/C13H28N2O2/c1-3-15(4-2)9-12(17)8-14-13-7-5-6-11(13)10-16/h11-14,16-17H,3-10H2,1-2H3. The first-order valence-corrected chi connectivity index (χ1v) is 6.95. The van der Waals surface area contributed by atoms with Crippen molar-refractivity contribution >= 4 is 0 Å². The van der Waals surface area contributed by atoms with Crippen LogP contribution in [0.15, 0.2) is 0 Å². The maximum atomic E-state index is 9.93. The van der Waals surface area contributed by atoms with Gasteiger partial charge in [-0.05, 0) is 31.8 Å². The summed E-state index contributed by atoms with van der Waals surface area (Å²) in [6.45, 7) is 7.83. The summed E-state index contributed by atoms with van der Waals surface area (Å²) >= 11 is 0. The third-order valence-electron chi connectivity index (χ3n) is 3.87. The summed E-state index contributed by atoms with van der Waals surface area (Å²) in [6.07, 6.45) is 3.12. The van der Waals surface area contributed by atoms with Crippen LogP contribution in [0.25, 0.3) is 0 Å². The Morgan fingerprint density at radius 2 is 2.00 bits per heavy atom. The van der Waals surface area contributed by atoms with Gasteiger partial charge < -0.3 is 20.4 Å². The van der Waals surface area contributed by atoms with Crippen LogP contribution < -0.4 is 5.32 Å². The van der Waals surface area contributed by atoms with Gasteiger partial charge in [-0.25, -0.2) is 0 Å². The molecule has 0 heterocycles. The van der Waals surface area contributed by atoms with E-state index >= 15 is 0 Å². The third kappa shape index (κ3) is 4.92. The minimum atomic E-state index is -0.310. The average molecular weight is 244 g/mol. The van der Waals surface area contributed by atoms with Gasteiger partial charge in [0.15, 0.2) is 0 Å². The van der Waals surface area contributed by atoms with Crippen molar-refractivity contribution in [1.82, 2.24) is 10.2 Å². The van der Waals surface area contributed by atoms with Gasteiger partial charge >= 0.3 is 0 Å². The second-order valence-electron chi connectivity index (χ2n) is 5.03. The van der Waals surface area contributed by atoms with Crippen LogP contribution in [0.2, 0.25) is 0 Å². The van der Waals surface area contributed by atoms with Crippen molar-refractivity contribution < 1.29 is 10.2 Å². The summed E-state index contributed by atoms with van der Waals surface area (Å²) in [7, 11) is 0. The Morgan fingerprint density at radius 3 is 2.59 bits per heavy atom. The second-order valence-corrected chi connectivity index (χ2v) is 5.03. The molecule has 1 rings (SSSR count). The lowest BCUT2D eigenvalue weighted by Crippen LogP contribution is -2.43. The van der Waals surface area contributed by atoms with Crippen molar-refractivity contribution in [2.45, 2.75) is 45.3 Å². The van der Waals surface area contributed by atoms with E-state index in [0.29, 0.717) is 18.5 Å². The highest BCUT2D eigenvalue weighted by Crippen LogP contribution is 2.24. The van der Waals surface area contributed by atoms with Crippen molar-refractivity contribution in [3.8, 4) is 0 Å². The number of nitrogens with one attached hydrogen (secondary N) is 1. The van der Waals surface area contributed by atoms with Gasteiger partial charge in [0.1, 0.15) is 0 Å². The molecule has 1 fully saturated rings. The van der Waals surface area contributed by atoms with Gasteiger partial charge in [0.05, 0.1) is 6.10 Å². The zero-order valence-electron chi connectivity index (χ0n) is 11.2. The quantitative estimate of drug-likeness (QED) is 0.580. The lowest BCUT2D eigenvalue weighted by molar-refractivity contribution is 0.109. The topological polar surface area (TPSA) is 55.7 Å². The zero-order chi connectivity index (χ0) is 12.7. The maximum absolute atomic E-state index is 9.93. The smallest absolute Gasteiger partial charge is 0.0791 e. The van der Waals surface area contributed by atoms with E-state index in [9.17, 15) is 10.2 Å². The SMILES string of the molecule is CCN(CC)CC(O)CNC1CCCC1CO. The first-order chi connectivity index (χ1) is 8.21. The molecular formula is C13H28N2O2. The Labute approximate surface area is 105 Å². The van der Waals surface area contributed by atoms with Crippen molar-refractivity contribution in [2.24, 2.45) is 5.92 Å². The minimum Gasteiger partial charge on any atom is -0.396 e. The maximum Gasteiger partial charge on any atom is 0.0791 e. The largest absolute Gasteiger partial charge is 0.396 e. The molecule has 3 N–H and O–H groups in total. The summed E-state index contributed by atoms with van der Waals surface area (Å²) < 4.78 is 0. The number of rotatable bonds is 8. The van der Waals surface area contributed by atoms with Gasteiger partial charge in [-0.1, -0.05) is 20.3 Å². The summed E-state index contributed by atoms with van der Waals surface area (Å²) in [4.78, 5) is 2.23. The van der Waals surface area contributed by atoms with Crippen LogP contribution in [0.5, 0.6) is 0 Å². The number of aliphatic hydroxyl groups is 2.